The van der Waals surface area contributed by atoms with Crippen molar-refractivity contribution in [2.75, 3.05) is 6.54 Å². The Morgan fingerprint density at radius 3 is 2.67 bits per heavy atom. The van der Waals surface area contributed by atoms with E-state index < -0.39 is 22.0 Å². The van der Waals surface area contributed by atoms with E-state index in [1.807, 2.05) is 0 Å². The predicted octanol–water partition coefficient (Wildman–Crippen LogP) is 1.69. The van der Waals surface area contributed by atoms with E-state index in [1.165, 1.54) is 6.07 Å². The molecule has 5 nitrogen and oxygen atoms in total. The summed E-state index contributed by atoms with van der Waals surface area (Å²) in [6, 6.07) is 5.46. The maximum atomic E-state index is 12.4. The fourth-order valence-corrected chi connectivity index (χ4v) is 4.67. The molecule has 1 atom stereocenters. The molecule has 7 heteroatoms. The number of aliphatic carboxylic acids is 1. The monoisotopic (exact) mass is 333 g/mol. The van der Waals surface area contributed by atoms with Crippen molar-refractivity contribution in [1.29, 1.82) is 0 Å². The SMILES string of the molecule is O=C(O)C1CCCN1S(=O)(=O)c1ccccc1Br. The van der Waals surface area contributed by atoms with Crippen molar-refractivity contribution >= 4 is 31.9 Å². The van der Waals surface area contributed by atoms with Gasteiger partial charge in [0.25, 0.3) is 0 Å². The molecule has 1 heterocycles. The Labute approximate surface area is 114 Å². The molecule has 0 spiro atoms. The summed E-state index contributed by atoms with van der Waals surface area (Å²) in [6.07, 6.45) is 0.930. The third-order valence-electron chi connectivity index (χ3n) is 2.91. The summed E-state index contributed by atoms with van der Waals surface area (Å²) >= 11 is 3.18. The van der Waals surface area contributed by atoms with Gasteiger partial charge in [-0.25, -0.2) is 8.42 Å². The third kappa shape index (κ3) is 2.30. The number of benzene rings is 1. The Hall–Kier alpha value is -0.920. The second-order valence-corrected chi connectivity index (χ2v) is 6.76. The lowest BCUT2D eigenvalue weighted by Gasteiger charge is -2.21. The first-order chi connectivity index (χ1) is 8.44. The van der Waals surface area contributed by atoms with Crippen molar-refractivity contribution in [2.24, 2.45) is 0 Å². The summed E-state index contributed by atoms with van der Waals surface area (Å²) in [4.78, 5) is 11.2. The summed E-state index contributed by atoms with van der Waals surface area (Å²) in [7, 11) is -3.76. The van der Waals surface area contributed by atoms with Gasteiger partial charge in [0.1, 0.15) is 6.04 Å². The van der Waals surface area contributed by atoms with Gasteiger partial charge < -0.3 is 5.11 Å². The first-order valence-corrected chi connectivity index (χ1v) is 7.67. The van der Waals surface area contributed by atoms with Gasteiger partial charge in [-0.2, -0.15) is 4.31 Å². The van der Waals surface area contributed by atoms with Gasteiger partial charge in [0.2, 0.25) is 10.0 Å². The molecule has 1 aliphatic heterocycles. The van der Waals surface area contributed by atoms with Gasteiger partial charge >= 0.3 is 5.97 Å². The molecule has 0 amide bonds. The highest BCUT2D eigenvalue weighted by Crippen LogP contribution is 2.30. The van der Waals surface area contributed by atoms with Crippen molar-refractivity contribution in [3.63, 3.8) is 0 Å². The topological polar surface area (TPSA) is 74.7 Å². The smallest absolute Gasteiger partial charge is 0.322 e. The normalized spacial score (nSPS) is 21.1. The zero-order valence-electron chi connectivity index (χ0n) is 9.41. The Morgan fingerprint density at radius 2 is 2.06 bits per heavy atom. The Bertz CT molecular complexity index is 572. The maximum absolute atomic E-state index is 12.4. The molecule has 1 aromatic carbocycles. The highest BCUT2D eigenvalue weighted by molar-refractivity contribution is 9.10. The molecule has 1 aliphatic rings. The lowest BCUT2D eigenvalue weighted by Crippen LogP contribution is -2.40. The van der Waals surface area contributed by atoms with E-state index in [-0.39, 0.29) is 11.4 Å². The van der Waals surface area contributed by atoms with Gasteiger partial charge in [-0.3, -0.25) is 4.79 Å². The molecule has 1 fully saturated rings. The number of rotatable bonds is 3. The van der Waals surface area contributed by atoms with Crippen LogP contribution in [0.5, 0.6) is 0 Å². The lowest BCUT2D eigenvalue weighted by atomic mass is 10.2. The van der Waals surface area contributed by atoms with Crippen LogP contribution in [0, 0.1) is 0 Å². The number of carboxylic acids is 1. The quantitative estimate of drug-likeness (QED) is 0.913. The molecular formula is C11H12BrNO4S. The van der Waals surface area contributed by atoms with E-state index in [0.717, 1.165) is 4.31 Å². The molecule has 2 rings (SSSR count). The van der Waals surface area contributed by atoms with Crippen LogP contribution < -0.4 is 0 Å². The van der Waals surface area contributed by atoms with Crippen LogP contribution >= 0.6 is 15.9 Å². The minimum absolute atomic E-state index is 0.109. The molecule has 0 aliphatic carbocycles. The number of sulfonamides is 1. The summed E-state index contributed by atoms with van der Waals surface area (Å²) in [5.41, 5.74) is 0. The average Bonchev–Trinajstić information content (AvgIpc) is 2.78. The molecule has 1 N–H and O–H groups in total. The second-order valence-electron chi connectivity index (χ2n) is 4.04. The molecule has 0 bridgehead atoms. The molecule has 18 heavy (non-hydrogen) atoms. The fraction of sp³-hybridized carbons (Fsp3) is 0.364. The fourth-order valence-electron chi connectivity index (χ4n) is 2.05. The molecule has 1 saturated heterocycles. The van der Waals surface area contributed by atoms with Crippen LogP contribution in [0.25, 0.3) is 0 Å². The Balaban J connectivity index is 2.43. The van der Waals surface area contributed by atoms with Crippen molar-refractivity contribution < 1.29 is 18.3 Å². The van der Waals surface area contributed by atoms with Gasteiger partial charge in [-0.1, -0.05) is 12.1 Å². The summed E-state index contributed by atoms with van der Waals surface area (Å²) in [5, 5.41) is 9.05. The van der Waals surface area contributed by atoms with E-state index >= 15 is 0 Å². The van der Waals surface area contributed by atoms with Gasteiger partial charge in [0.15, 0.2) is 0 Å². The number of carbonyl (C=O) groups is 1. The Morgan fingerprint density at radius 1 is 1.39 bits per heavy atom. The van der Waals surface area contributed by atoms with Crippen LogP contribution in [0.1, 0.15) is 12.8 Å². The highest BCUT2D eigenvalue weighted by atomic mass is 79.9. The van der Waals surface area contributed by atoms with E-state index in [2.05, 4.69) is 15.9 Å². The molecular weight excluding hydrogens is 322 g/mol. The standard InChI is InChI=1S/C11H12BrNO4S/c12-8-4-1-2-6-10(8)18(16,17)13-7-3-5-9(13)11(14)15/h1-2,4,6,9H,3,5,7H2,(H,14,15). The van der Waals surface area contributed by atoms with Crippen molar-refractivity contribution in [1.82, 2.24) is 4.31 Å². The lowest BCUT2D eigenvalue weighted by molar-refractivity contribution is -0.140. The van der Waals surface area contributed by atoms with E-state index in [0.29, 0.717) is 17.3 Å². The van der Waals surface area contributed by atoms with Crippen LogP contribution in [-0.2, 0) is 14.8 Å². The zero-order valence-corrected chi connectivity index (χ0v) is 11.8. The largest absolute Gasteiger partial charge is 0.480 e. The van der Waals surface area contributed by atoms with Gasteiger partial charge in [-0.05, 0) is 40.9 Å². The third-order valence-corrected chi connectivity index (χ3v) is 5.83. The molecule has 1 unspecified atom stereocenters. The molecule has 0 aromatic heterocycles. The van der Waals surface area contributed by atoms with Crippen LogP contribution in [0.2, 0.25) is 0 Å². The van der Waals surface area contributed by atoms with Crippen molar-refractivity contribution in [3.8, 4) is 0 Å². The minimum atomic E-state index is -3.76. The predicted molar refractivity (Wildman–Crippen MR) is 68.7 cm³/mol. The first-order valence-electron chi connectivity index (χ1n) is 5.44. The molecule has 0 saturated carbocycles. The number of nitrogens with zero attached hydrogens (tertiary/aromatic N) is 1. The number of carboxylic acid groups (broad SMARTS) is 1. The number of halogens is 1. The second kappa shape index (κ2) is 4.99. The van der Waals surface area contributed by atoms with Crippen LogP contribution in [0.4, 0.5) is 0 Å². The summed E-state index contributed by atoms with van der Waals surface area (Å²) in [5.74, 6) is -1.09. The summed E-state index contributed by atoms with van der Waals surface area (Å²) < 4.78 is 26.3. The van der Waals surface area contributed by atoms with Crippen molar-refractivity contribution in [2.45, 2.75) is 23.8 Å². The average molecular weight is 334 g/mol. The highest BCUT2D eigenvalue weighted by Gasteiger charge is 2.39. The van der Waals surface area contributed by atoms with Crippen LogP contribution in [0.15, 0.2) is 33.6 Å². The zero-order chi connectivity index (χ0) is 13.3. The van der Waals surface area contributed by atoms with E-state index in [1.54, 1.807) is 18.2 Å². The molecule has 98 valence electrons. The summed E-state index contributed by atoms with van der Waals surface area (Å²) in [6.45, 7) is 0.251. The number of hydrogen-bond acceptors (Lipinski definition) is 3. The Kier molecular flexibility index (Phi) is 3.74. The minimum Gasteiger partial charge on any atom is -0.480 e. The van der Waals surface area contributed by atoms with Crippen LogP contribution in [0.3, 0.4) is 0 Å². The number of hydrogen-bond donors (Lipinski definition) is 1. The van der Waals surface area contributed by atoms with Gasteiger partial charge in [0, 0.05) is 11.0 Å². The molecule has 0 radical (unpaired) electrons. The maximum Gasteiger partial charge on any atom is 0.322 e. The van der Waals surface area contributed by atoms with E-state index in [4.69, 9.17) is 5.11 Å². The van der Waals surface area contributed by atoms with Gasteiger partial charge in [-0.15, -0.1) is 0 Å². The van der Waals surface area contributed by atoms with E-state index in [9.17, 15) is 13.2 Å². The first kappa shape index (κ1) is 13.5. The van der Waals surface area contributed by atoms with Crippen molar-refractivity contribution in [3.05, 3.63) is 28.7 Å². The van der Waals surface area contributed by atoms with Gasteiger partial charge in [0.05, 0.1) is 4.90 Å². The molecule has 1 aromatic rings. The van der Waals surface area contributed by atoms with Crippen LogP contribution in [-0.4, -0.2) is 36.4 Å².